The van der Waals surface area contributed by atoms with Gasteiger partial charge in [0.1, 0.15) is 0 Å². The monoisotopic (exact) mass is 338 g/mol. The van der Waals surface area contributed by atoms with Gasteiger partial charge in [-0.25, -0.2) is 0 Å². The first-order valence-corrected chi connectivity index (χ1v) is 8.67. The Balaban J connectivity index is 1.68. The second-order valence-corrected chi connectivity index (χ2v) is 7.67. The Bertz CT molecular complexity index is 869. The van der Waals surface area contributed by atoms with E-state index in [4.69, 9.17) is 0 Å². The van der Waals surface area contributed by atoms with Crippen LogP contribution >= 0.6 is 0 Å². The highest BCUT2D eigenvalue weighted by molar-refractivity contribution is 5.84. The Morgan fingerprint density at radius 3 is 2.76 bits per heavy atom. The van der Waals surface area contributed by atoms with Crippen molar-refractivity contribution in [2.75, 3.05) is 0 Å². The van der Waals surface area contributed by atoms with Crippen molar-refractivity contribution in [3.05, 3.63) is 54.0 Å². The lowest BCUT2D eigenvalue weighted by molar-refractivity contribution is -0.122. The number of carbonyl (C=O) groups excluding carboxylic acids is 1. The summed E-state index contributed by atoms with van der Waals surface area (Å²) in [5.74, 6) is 0.0639. The minimum Gasteiger partial charge on any atom is -0.361 e. The average molecular weight is 338 g/mol. The molecule has 0 saturated carbocycles. The van der Waals surface area contributed by atoms with Crippen molar-refractivity contribution in [3.63, 3.8) is 0 Å². The molecular formula is C20H26N4O. The van der Waals surface area contributed by atoms with Crippen molar-refractivity contribution in [2.45, 2.75) is 39.7 Å². The van der Waals surface area contributed by atoms with Crippen LogP contribution in [0, 0.1) is 5.41 Å². The maximum absolute atomic E-state index is 12.6. The van der Waals surface area contributed by atoms with Crippen LogP contribution in [0.3, 0.4) is 0 Å². The van der Waals surface area contributed by atoms with Gasteiger partial charge in [-0.3, -0.25) is 9.48 Å². The largest absolute Gasteiger partial charge is 0.361 e. The van der Waals surface area contributed by atoms with E-state index in [0.717, 1.165) is 17.5 Å². The van der Waals surface area contributed by atoms with Crippen LogP contribution in [0.4, 0.5) is 0 Å². The predicted molar refractivity (Wildman–Crippen MR) is 100 cm³/mol. The van der Waals surface area contributed by atoms with Crippen molar-refractivity contribution in [2.24, 2.45) is 12.5 Å². The molecule has 132 valence electrons. The summed E-state index contributed by atoms with van der Waals surface area (Å²) < 4.78 is 1.77. The zero-order valence-electron chi connectivity index (χ0n) is 15.3. The van der Waals surface area contributed by atoms with Crippen LogP contribution in [0.1, 0.15) is 44.4 Å². The molecule has 5 heteroatoms. The van der Waals surface area contributed by atoms with Crippen LogP contribution in [0.15, 0.2) is 42.9 Å². The third-order valence-corrected chi connectivity index (χ3v) is 4.53. The number of rotatable bonds is 5. The van der Waals surface area contributed by atoms with E-state index in [1.807, 2.05) is 37.8 Å². The van der Waals surface area contributed by atoms with Crippen LogP contribution in [0.5, 0.6) is 0 Å². The van der Waals surface area contributed by atoms with E-state index in [9.17, 15) is 4.79 Å². The molecule has 0 unspecified atom stereocenters. The van der Waals surface area contributed by atoms with Crippen LogP contribution in [-0.4, -0.2) is 20.7 Å². The molecule has 1 aromatic carbocycles. The zero-order chi connectivity index (χ0) is 18.0. The lowest BCUT2D eigenvalue weighted by atomic mass is 9.83. The number of para-hydroxylation sites is 1. The van der Waals surface area contributed by atoms with E-state index in [-0.39, 0.29) is 17.4 Å². The SMILES string of the molecule is Cn1cc([C@H](NC(=O)CCc2c[nH]c3ccccc23)C(C)(C)C)cn1. The number of hydrogen-bond acceptors (Lipinski definition) is 2. The maximum Gasteiger partial charge on any atom is 0.220 e. The molecule has 2 heterocycles. The van der Waals surface area contributed by atoms with Crippen LogP contribution < -0.4 is 5.32 Å². The van der Waals surface area contributed by atoms with E-state index >= 15 is 0 Å². The first-order chi connectivity index (χ1) is 11.8. The van der Waals surface area contributed by atoms with Crippen molar-refractivity contribution in [1.29, 1.82) is 0 Å². The first kappa shape index (κ1) is 17.3. The molecule has 0 radical (unpaired) electrons. The number of nitrogens with one attached hydrogen (secondary N) is 2. The number of hydrogen-bond donors (Lipinski definition) is 2. The molecule has 0 aliphatic heterocycles. The molecule has 1 amide bonds. The molecule has 3 rings (SSSR count). The van der Waals surface area contributed by atoms with Gasteiger partial charge in [-0.2, -0.15) is 5.10 Å². The van der Waals surface area contributed by atoms with Crippen LogP contribution in [0.25, 0.3) is 10.9 Å². The number of aryl methyl sites for hydroxylation is 2. The Kier molecular flexibility index (Phi) is 4.66. The summed E-state index contributed by atoms with van der Waals surface area (Å²) in [6.07, 6.45) is 6.99. The summed E-state index contributed by atoms with van der Waals surface area (Å²) in [6.45, 7) is 6.39. The average Bonchev–Trinajstić information content (AvgIpc) is 3.16. The number of aromatic nitrogens is 3. The third-order valence-electron chi connectivity index (χ3n) is 4.53. The highest BCUT2D eigenvalue weighted by Gasteiger charge is 2.28. The van der Waals surface area contributed by atoms with Gasteiger partial charge in [-0.1, -0.05) is 39.0 Å². The molecule has 5 nitrogen and oxygen atoms in total. The molecular weight excluding hydrogens is 312 g/mol. The molecule has 0 aliphatic rings. The fourth-order valence-corrected chi connectivity index (χ4v) is 3.21. The molecule has 0 aliphatic carbocycles. The summed E-state index contributed by atoms with van der Waals surface area (Å²) in [7, 11) is 1.89. The number of fused-ring (bicyclic) bond motifs is 1. The second-order valence-electron chi connectivity index (χ2n) is 7.67. The number of nitrogens with zero attached hydrogens (tertiary/aromatic N) is 2. The Hall–Kier alpha value is -2.56. The van der Waals surface area contributed by atoms with Gasteiger partial charge < -0.3 is 10.3 Å². The van der Waals surface area contributed by atoms with E-state index < -0.39 is 0 Å². The standard InChI is InChI=1S/C20H26N4O/c1-20(2,3)19(15-12-22-24(4)13-15)23-18(25)10-9-14-11-21-17-8-6-5-7-16(14)17/h5-8,11-13,19,21H,9-10H2,1-4H3,(H,23,25)/t19-/m0/s1. The zero-order valence-corrected chi connectivity index (χ0v) is 15.3. The molecule has 0 spiro atoms. The summed E-state index contributed by atoms with van der Waals surface area (Å²) >= 11 is 0. The van der Waals surface area contributed by atoms with Crippen LogP contribution in [-0.2, 0) is 18.3 Å². The molecule has 25 heavy (non-hydrogen) atoms. The minimum atomic E-state index is -0.0839. The highest BCUT2D eigenvalue weighted by atomic mass is 16.1. The Morgan fingerprint density at radius 1 is 1.32 bits per heavy atom. The van der Waals surface area contributed by atoms with E-state index in [0.29, 0.717) is 6.42 Å². The second kappa shape index (κ2) is 6.75. The summed E-state index contributed by atoms with van der Waals surface area (Å²) in [4.78, 5) is 15.8. The number of H-pyrrole nitrogens is 1. The summed E-state index contributed by atoms with van der Waals surface area (Å²) in [6, 6.07) is 8.12. The van der Waals surface area contributed by atoms with Gasteiger partial charge in [0.25, 0.3) is 0 Å². The van der Waals surface area contributed by atoms with Crippen molar-refractivity contribution >= 4 is 16.8 Å². The van der Waals surface area contributed by atoms with Crippen LogP contribution in [0.2, 0.25) is 0 Å². The first-order valence-electron chi connectivity index (χ1n) is 8.67. The van der Waals surface area contributed by atoms with E-state index in [1.54, 1.807) is 4.68 Å². The molecule has 0 saturated heterocycles. The third kappa shape index (κ3) is 3.92. The smallest absolute Gasteiger partial charge is 0.220 e. The molecule has 0 fully saturated rings. The quantitative estimate of drug-likeness (QED) is 0.744. The van der Waals surface area contributed by atoms with Crippen molar-refractivity contribution < 1.29 is 4.79 Å². The Morgan fingerprint density at radius 2 is 2.08 bits per heavy atom. The van der Waals surface area contributed by atoms with Gasteiger partial charge >= 0.3 is 0 Å². The lowest BCUT2D eigenvalue weighted by Crippen LogP contribution is -2.36. The van der Waals surface area contributed by atoms with Gasteiger partial charge in [0, 0.05) is 42.3 Å². The Labute approximate surface area is 148 Å². The molecule has 0 bridgehead atoms. The summed E-state index contributed by atoms with van der Waals surface area (Å²) in [5.41, 5.74) is 3.25. The molecule has 2 N–H and O–H groups in total. The number of benzene rings is 1. The number of aromatic amines is 1. The maximum atomic E-state index is 12.6. The molecule has 2 aromatic heterocycles. The number of amides is 1. The topological polar surface area (TPSA) is 62.7 Å². The molecule has 1 atom stereocenters. The van der Waals surface area contributed by atoms with Gasteiger partial charge in [0.2, 0.25) is 5.91 Å². The fourth-order valence-electron chi connectivity index (χ4n) is 3.21. The van der Waals surface area contributed by atoms with E-state index in [2.05, 4.69) is 48.3 Å². The van der Waals surface area contributed by atoms with Gasteiger partial charge in [0.15, 0.2) is 0 Å². The fraction of sp³-hybridized carbons (Fsp3) is 0.400. The normalized spacial score (nSPS) is 13.1. The highest BCUT2D eigenvalue weighted by Crippen LogP contribution is 2.32. The minimum absolute atomic E-state index is 0.0586. The van der Waals surface area contributed by atoms with Crippen molar-refractivity contribution in [3.8, 4) is 0 Å². The predicted octanol–water partition coefficient (Wildman–Crippen LogP) is 3.74. The van der Waals surface area contributed by atoms with Crippen molar-refractivity contribution in [1.82, 2.24) is 20.1 Å². The lowest BCUT2D eigenvalue weighted by Gasteiger charge is -2.30. The van der Waals surface area contributed by atoms with E-state index in [1.165, 1.54) is 10.9 Å². The number of carbonyl (C=O) groups is 1. The van der Waals surface area contributed by atoms with Gasteiger partial charge in [0.05, 0.1) is 12.2 Å². The van der Waals surface area contributed by atoms with Gasteiger partial charge in [-0.15, -0.1) is 0 Å². The molecule has 3 aromatic rings. The summed E-state index contributed by atoms with van der Waals surface area (Å²) in [5, 5.41) is 8.62. The van der Waals surface area contributed by atoms with Gasteiger partial charge in [-0.05, 0) is 23.5 Å².